The van der Waals surface area contributed by atoms with Gasteiger partial charge in [-0.3, -0.25) is 24.1 Å². The molecule has 24 heteroatoms. The fourth-order valence-corrected chi connectivity index (χ4v) is 7.30. The van der Waals surface area contributed by atoms with Gasteiger partial charge in [0.25, 0.3) is 17.4 Å². The Bertz CT molecular complexity index is 2350. The third-order valence-corrected chi connectivity index (χ3v) is 10.4. The number of aliphatic carboxylic acids is 1. The predicted molar refractivity (Wildman–Crippen MR) is 220 cm³/mol. The van der Waals surface area contributed by atoms with E-state index in [0.29, 0.717) is 36.7 Å². The van der Waals surface area contributed by atoms with Crippen LogP contribution in [0.3, 0.4) is 0 Å². The zero-order valence-corrected chi connectivity index (χ0v) is 37.1. The Balaban J connectivity index is 1.32. The monoisotopic (exact) mass is 906 g/mol. The van der Waals surface area contributed by atoms with Gasteiger partial charge in [0.1, 0.15) is 28.7 Å². The molecule has 3 atom stereocenters. The van der Waals surface area contributed by atoms with Gasteiger partial charge < -0.3 is 34.8 Å². The van der Waals surface area contributed by atoms with Gasteiger partial charge in [-0.1, -0.05) is 11.2 Å². The lowest BCUT2D eigenvalue weighted by molar-refractivity contribution is -0.218. The number of hydrogen-bond acceptors (Lipinski definition) is 16. The molecule has 2 aromatic heterocycles. The Morgan fingerprint density at radius 1 is 1.05 bits per heavy atom. The number of ether oxygens (including phenoxy) is 3. The lowest BCUT2D eigenvalue weighted by atomic mass is 9.84. The van der Waals surface area contributed by atoms with Crippen molar-refractivity contribution in [2.75, 3.05) is 11.9 Å². The number of thiazole rings is 1. The quantitative estimate of drug-likeness (QED) is 0.0472. The van der Waals surface area contributed by atoms with Gasteiger partial charge in [0.05, 0.1) is 11.7 Å². The van der Waals surface area contributed by atoms with Crippen LogP contribution in [0.5, 0.6) is 5.75 Å². The molecule has 2 aliphatic rings. The highest BCUT2D eigenvalue weighted by Crippen LogP contribution is 2.37. The number of alkyl carbamates (subject to hydrolysis) is 1. The summed E-state index contributed by atoms with van der Waals surface area (Å²) in [4.78, 5) is 73.9. The number of anilines is 1. The van der Waals surface area contributed by atoms with E-state index in [1.165, 1.54) is 26.2 Å². The van der Waals surface area contributed by atoms with E-state index in [1.54, 1.807) is 64.6 Å². The topological polar surface area (TPSA) is 288 Å². The summed E-state index contributed by atoms with van der Waals surface area (Å²) >= 11 is 0.869. The van der Waals surface area contributed by atoms with Crippen molar-refractivity contribution in [1.82, 2.24) is 30.5 Å². The summed E-state index contributed by atoms with van der Waals surface area (Å²) in [6, 6.07) is 3.98. The number of fused-ring (bicyclic) bond motifs is 1. The molecule has 0 unspecified atom stereocenters. The van der Waals surface area contributed by atoms with Crippen LogP contribution in [0.15, 0.2) is 41.1 Å². The molecule has 0 spiro atoms. The fourth-order valence-electron chi connectivity index (χ4n) is 6.17. The Morgan fingerprint density at radius 2 is 1.73 bits per heavy atom. The molecular weight excluding hydrogens is 857 g/mol. The molecule has 3 aromatic rings. The number of carbonyl (C=O) groups is 5. The van der Waals surface area contributed by atoms with Crippen LogP contribution in [0, 0.1) is 0 Å². The summed E-state index contributed by atoms with van der Waals surface area (Å²) in [6.45, 7) is 15.2. The van der Waals surface area contributed by atoms with Crippen LogP contribution in [-0.4, -0.2) is 115 Å². The molecule has 5 rings (SSSR count). The smallest absolute Gasteiger partial charge is 0.418 e. The lowest BCUT2D eigenvalue weighted by Gasteiger charge is -2.50. The predicted octanol–water partition coefficient (Wildman–Crippen LogP) is 4.07. The first kappa shape index (κ1) is 47.2. The number of nitrogens with zero attached hydrogens (tertiary/aromatic N) is 5. The normalized spacial score (nSPS) is 18.6. The average Bonchev–Trinajstić information content (AvgIpc) is 3.82. The van der Waals surface area contributed by atoms with Gasteiger partial charge >= 0.3 is 28.6 Å². The van der Waals surface area contributed by atoms with Crippen LogP contribution in [-0.2, 0) is 56.3 Å². The number of nitrogens with one attached hydrogen (secondary N) is 3. The first-order valence-electron chi connectivity index (χ1n) is 19.2. The number of carboxylic acid groups (broad SMARTS) is 1. The molecule has 1 aromatic carbocycles. The maximum atomic E-state index is 13.8. The molecule has 2 aliphatic heterocycles. The van der Waals surface area contributed by atoms with E-state index < -0.39 is 80.6 Å². The van der Waals surface area contributed by atoms with Gasteiger partial charge in [-0.05, 0) is 105 Å². The van der Waals surface area contributed by atoms with Gasteiger partial charge in [-0.2, -0.15) is 18.6 Å². The molecule has 0 bridgehead atoms. The van der Waals surface area contributed by atoms with Crippen molar-refractivity contribution in [1.29, 1.82) is 0 Å². The van der Waals surface area contributed by atoms with Crippen molar-refractivity contribution in [3.8, 4) is 16.9 Å². The minimum absolute atomic E-state index is 0.0324. The molecule has 1 fully saturated rings. The first-order valence-corrected chi connectivity index (χ1v) is 21.5. The van der Waals surface area contributed by atoms with E-state index in [-0.39, 0.29) is 17.2 Å². The van der Waals surface area contributed by atoms with Crippen LogP contribution in [0.1, 0.15) is 86.4 Å². The third-order valence-electron chi connectivity index (χ3n) is 9.26. The highest BCUT2D eigenvalue weighted by molar-refractivity contribution is 7.80. The van der Waals surface area contributed by atoms with E-state index in [2.05, 4.69) is 35.5 Å². The summed E-state index contributed by atoms with van der Waals surface area (Å²) in [5, 5.41) is 28.1. The Kier molecular flexibility index (Phi) is 13.6. The van der Waals surface area contributed by atoms with E-state index in [4.69, 9.17) is 23.6 Å². The van der Waals surface area contributed by atoms with Crippen molar-refractivity contribution in [2.24, 2.45) is 5.16 Å². The van der Waals surface area contributed by atoms with Gasteiger partial charge in [0, 0.05) is 30.2 Å². The summed E-state index contributed by atoms with van der Waals surface area (Å²) < 4.78 is 54.6. The lowest BCUT2D eigenvalue weighted by Crippen LogP contribution is -2.76. The number of carbonyl (C=O) groups excluding carboxylic acids is 4. The number of hydroxylamine groups is 2. The number of carboxylic acids is 1. The molecule has 0 aliphatic carbocycles. The van der Waals surface area contributed by atoms with Crippen LogP contribution in [0.4, 0.5) is 14.7 Å². The Labute approximate surface area is 361 Å². The second-order valence-corrected chi connectivity index (χ2v) is 18.9. The summed E-state index contributed by atoms with van der Waals surface area (Å²) in [6.07, 6.45) is 2.23. The van der Waals surface area contributed by atoms with Gasteiger partial charge in [-0.15, -0.1) is 15.6 Å². The largest absolute Gasteiger partial charge is 0.485 e. The summed E-state index contributed by atoms with van der Waals surface area (Å²) in [5.41, 5.74) is -3.53. The van der Waals surface area contributed by atoms with Crippen molar-refractivity contribution in [2.45, 2.75) is 123 Å². The van der Waals surface area contributed by atoms with E-state index in [0.717, 1.165) is 28.0 Å². The average molecular weight is 907 g/mol. The second-order valence-electron chi connectivity index (χ2n) is 17.0. The summed E-state index contributed by atoms with van der Waals surface area (Å²) in [7, 11) is -5.09. The standard InChI is InChI=1S/C38H50N8O14S2/c1-35(2,3)57-33(51)39-15-10-16-45-19-23(18-40-45)21-11-13-25-22(17-21)12-14-26(56-25)38(9,31(49)50)59-44-27(24-20-61-32(41-24)43-34(52)58-36(4,5)6)29(47)42-28-30(48)46(37(28,7)8)60-62(53,54)55/h11,13,17-20,26,28H,10,12,14-16H2,1-9H3,(H,39,51)(H,42,47)(H,49,50)(H,41,43,52)(H,53,54,55)/b44-27-/t26-,28-,38+/m1/s1. The highest BCUT2D eigenvalue weighted by Gasteiger charge is 2.58. The maximum absolute atomic E-state index is 13.8. The minimum Gasteiger partial charge on any atom is -0.485 e. The highest BCUT2D eigenvalue weighted by atomic mass is 32.3. The number of rotatable bonds is 15. The zero-order chi connectivity index (χ0) is 46.0. The molecule has 22 nitrogen and oxygen atoms in total. The Morgan fingerprint density at radius 3 is 2.35 bits per heavy atom. The number of aromatic nitrogens is 3. The molecule has 0 radical (unpaired) electrons. The number of hydrogen-bond donors (Lipinski definition) is 5. The maximum Gasteiger partial charge on any atom is 0.418 e. The van der Waals surface area contributed by atoms with E-state index >= 15 is 0 Å². The number of amides is 4. The van der Waals surface area contributed by atoms with Gasteiger partial charge in [-0.25, -0.2) is 19.4 Å². The van der Waals surface area contributed by atoms with Gasteiger partial charge in [0.15, 0.2) is 16.9 Å². The van der Waals surface area contributed by atoms with Crippen LogP contribution >= 0.6 is 11.3 Å². The number of β-lactam (4-membered cyclic amide) rings is 1. The number of oxime groups is 1. The molecular formula is C38H50N8O14S2. The zero-order valence-electron chi connectivity index (χ0n) is 35.5. The van der Waals surface area contributed by atoms with E-state index in [1.807, 2.05) is 12.3 Å². The van der Waals surface area contributed by atoms with Crippen molar-refractivity contribution in [3.05, 3.63) is 47.2 Å². The van der Waals surface area contributed by atoms with Crippen LogP contribution in [0.2, 0.25) is 0 Å². The summed E-state index contributed by atoms with van der Waals surface area (Å²) in [5.74, 6) is -3.24. The van der Waals surface area contributed by atoms with Crippen molar-refractivity contribution in [3.63, 3.8) is 0 Å². The minimum atomic E-state index is -5.09. The molecule has 0 saturated carbocycles. The molecule has 4 amide bonds. The first-order chi connectivity index (χ1) is 28.6. The molecule has 62 heavy (non-hydrogen) atoms. The van der Waals surface area contributed by atoms with E-state index in [9.17, 15) is 37.5 Å². The molecule has 1 saturated heterocycles. The van der Waals surface area contributed by atoms with Crippen molar-refractivity contribution < 1.29 is 65.4 Å². The molecule has 338 valence electrons. The third kappa shape index (κ3) is 11.7. The number of aryl methyl sites for hydroxylation is 2. The van der Waals surface area contributed by atoms with Gasteiger partial charge in [0.2, 0.25) is 0 Å². The molecule has 5 N–H and O–H groups in total. The fraction of sp³-hybridized carbons (Fsp3) is 0.526. The van der Waals surface area contributed by atoms with Crippen LogP contribution in [0.25, 0.3) is 11.1 Å². The SMILES string of the molecule is CC(C)(C)OC(=O)NCCCn1cc(-c2ccc3c(c2)CC[C@H]([C@](C)(O/N=C(\C(=O)N[C@@H]2C(=O)N(OS(=O)(=O)O)C2(C)C)c2csc(NC(=O)OC(C)(C)C)n2)C(=O)O)O3)cn1. The second kappa shape index (κ2) is 17.9. The molecule has 4 heterocycles. The van der Waals surface area contributed by atoms with Crippen LogP contribution < -0.4 is 20.7 Å². The number of benzene rings is 1. The van der Waals surface area contributed by atoms with Crippen molar-refractivity contribution >= 4 is 62.5 Å². The Hall–Kier alpha value is -5.85.